The Bertz CT molecular complexity index is 852. The van der Waals surface area contributed by atoms with Crippen molar-refractivity contribution in [1.82, 2.24) is 9.62 Å². The fraction of sp³-hybridized carbons (Fsp3) is 0.708. The van der Waals surface area contributed by atoms with Gasteiger partial charge < -0.3 is 5.32 Å². The van der Waals surface area contributed by atoms with Gasteiger partial charge in [-0.15, -0.1) is 0 Å². The lowest BCUT2D eigenvalue weighted by molar-refractivity contribution is -0.122. The van der Waals surface area contributed by atoms with Gasteiger partial charge in [-0.2, -0.15) is 4.31 Å². The first-order valence-electron chi connectivity index (χ1n) is 11.8. The molecule has 4 saturated carbocycles. The average Bonchev–Trinajstić information content (AvgIpc) is 2.72. The van der Waals surface area contributed by atoms with Gasteiger partial charge in [-0.1, -0.05) is 18.6 Å². The molecule has 0 unspecified atom stereocenters. The molecule has 164 valence electrons. The molecule has 1 heterocycles. The van der Waals surface area contributed by atoms with E-state index in [1.54, 1.807) is 28.6 Å². The second-order valence-corrected chi connectivity index (χ2v) is 12.4. The molecule has 30 heavy (non-hydrogen) atoms. The molecule has 1 aromatic carbocycles. The third-order valence-corrected chi connectivity index (χ3v) is 9.98. The van der Waals surface area contributed by atoms with Gasteiger partial charge in [0.1, 0.15) is 0 Å². The number of piperidine rings is 1. The lowest BCUT2D eigenvalue weighted by Gasteiger charge is -2.56. The minimum absolute atomic E-state index is 0.0531. The molecular weight excluding hydrogens is 396 g/mol. The van der Waals surface area contributed by atoms with E-state index in [2.05, 4.69) is 5.32 Å². The molecule has 0 radical (unpaired) electrons. The summed E-state index contributed by atoms with van der Waals surface area (Å²) in [4.78, 5) is 12.9. The Kier molecular flexibility index (Phi) is 5.42. The third kappa shape index (κ3) is 4.05. The second kappa shape index (κ2) is 7.94. The van der Waals surface area contributed by atoms with E-state index in [-0.39, 0.29) is 5.91 Å². The standard InChI is InChI=1S/C24H34N2O3S/c27-23(25-17-24-14-19-10-20(15-24)12-21(11-19)16-24)13-18-4-6-22(7-5-18)30(28,29)26-8-2-1-3-9-26/h4-7,19-21H,1-3,8-17H2,(H,25,27). The highest BCUT2D eigenvalue weighted by molar-refractivity contribution is 7.89. The molecule has 4 bridgehead atoms. The predicted molar refractivity (Wildman–Crippen MR) is 116 cm³/mol. The highest BCUT2D eigenvalue weighted by Crippen LogP contribution is 2.59. The maximum atomic E-state index is 12.8. The minimum Gasteiger partial charge on any atom is -0.355 e. The van der Waals surface area contributed by atoms with Crippen molar-refractivity contribution in [3.05, 3.63) is 29.8 Å². The first-order valence-corrected chi connectivity index (χ1v) is 13.2. The Balaban J connectivity index is 1.17. The van der Waals surface area contributed by atoms with Crippen LogP contribution in [0.25, 0.3) is 0 Å². The predicted octanol–water partition coefficient (Wildman–Crippen LogP) is 3.74. The van der Waals surface area contributed by atoms with Crippen LogP contribution in [0.5, 0.6) is 0 Å². The number of nitrogens with one attached hydrogen (secondary N) is 1. The quantitative estimate of drug-likeness (QED) is 0.748. The van der Waals surface area contributed by atoms with Gasteiger partial charge in [-0.3, -0.25) is 4.79 Å². The Morgan fingerprint density at radius 1 is 0.933 bits per heavy atom. The molecule has 5 fully saturated rings. The normalized spacial score (nSPS) is 33.5. The van der Waals surface area contributed by atoms with Crippen molar-refractivity contribution in [2.75, 3.05) is 19.6 Å². The van der Waals surface area contributed by atoms with Crippen LogP contribution < -0.4 is 5.32 Å². The first-order chi connectivity index (χ1) is 14.4. The summed E-state index contributed by atoms with van der Waals surface area (Å²) in [6, 6.07) is 6.90. The Morgan fingerprint density at radius 3 is 2.07 bits per heavy atom. The van der Waals surface area contributed by atoms with E-state index in [1.165, 1.54) is 38.5 Å². The smallest absolute Gasteiger partial charge is 0.243 e. The number of hydrogen-bond donors (Lipinski definition) is 1. The van der Waals surface area contributed by atoms with Gasteiger partial charge in [-0.05, 0) is 92.2 Å². The molecule has 0 spiro atoms. The zero-order valence-corrected chi connectivity index (χ0v) is 18.6. The van der Waals surface area contributed by atoms with Gasteiger partial charge in [0, 0.05) is 19.6 Å². The van der Waals surface area contributed by atoms with Crippen molar-refractivity contribution >= 4 is 15.9 Å². The maximum absolute atomic E-state index is 12.8. The number of amides is 1. The third-order valence-electron chi connectivity index (χ3n) is 8.07. The molecule has 0 atom stereocenters. The van der Waals surface area contributed by atoms with E-state index >= 15 is 0 Å². The monoisotopic (exact) mass is 430 g/mol. The van der Waals surface area contributed by atoms with Crippen LogP contribution in [-0.4, -0.2) is 38.3 Å². The van der Waals surface area contributed by atoms with Crippen LogP contribution in [0.2, 0.25) is 0 Å². The second-order valence-electron chi connectivity index (χ2n) is 10.5. The number of benzene rings is 1. The summed E-state index contributed by atoms with van der Waals surface area (Å²) in [5, 5.41) is 3.22. The minimum atomic E-state index is -3.41. The number of carbonyl (C=O) groups is 1. The van der Waals surface area contributed by atoms with Crippen LogP contribution in [0.3, 0.4) is 0 Å². The highest BCUT2D eigenvalue weighted by atomic mass is 32.2. The topological polar surface area (TPSA) is 66.5 Å². The highest BCUT2D eigenvalue weighted by Gasteiger charge is 2.50. The van der Waals surface area contributed by atoms with Crippen molar-refractivity contribution in [1.29, 1.82) is 0 Å². The summed E-state index contributed by atoms with van der Waals surface area (Å²) in [7, 11) is -3.41. The number of nitrogens with zero attached hydrogens (tertiary/aromatic N) is 1. The summed E-state index contributed by atoms with van der Waals surface area (Å²) in [5.41, 5.74) is 1.21. The lowest BCUT2D eigenvalue weighted by Crippen LogP contribution is -2.51. The molecule has 1 aromatic rings. The number of rotatable bonds is 6. The van der Waals surface area contributed by atoms with Gasteiger partial charge >= 0.3 is 0 Å². The summed E-state index contributed by atoms with van der Waals surface area (Å²) < 4.78 is 27.1. The molecule has 1 saturated heterocycles. The van der Waals surface area contributed by atoms with Crippen LogP contribution in [0.15, 0.2) is 29.2 Å². The van der Waals surface area contributed by atoms with Crippen LogP contribution >= 0.6 is 0 Å². The fourth-order valence-corrected chi connectivity index (χ4v) is 8.59. The molecule has 5 nitrogen and oxygen atoms in total. The van der Waals surface area contributed by atoms with E-state index in [0.717, 1.165) is 49.1 Å². The fourth-order valence-electron chi connectivity index (χ4n) is 7.07. The molecule has 1 aliphatic heterocycles. The Morgan fingerprint density at radius 2 is 1.50 bits per heavy atom. The van der Waals surface area contributed by atoms with Crippen LogP contribution in [0, 0.1) is 23.2 Å². The van der Waals surface area contributed by atoms with Crippen molar-refractivity contribution in [3.63, 3.8) is 0 Å². The summed E-state index contributed by atoms with van der Waals surface area (Å²) in [6.07, 6.45) is 11.4. The molecule has 6 heteroatoms. The van der Waals surface area contributed by atoms with E-state index < -0.39 is 10.0 Å². The molecule has 6 rings (SSSR count). The van der Waals surface area contributed by atoms with Crippen LogP contribution in [0.1, 0.15) is 63.4 Å². The lowest BCUT2D eigenvalue weighted by atomic mass is 9.49. The summed E-state index contributed by atoms with van der Waals surface area (Å²) in [5.74, 6) is 2.73. The van der Waals surface area contributed by atoms with E-state index in [9.17, 15) is 13.2 Å². The zero-order valence-electron chi connectivity index (χ0n) is 17.8. The van der Waals surface area contributed by atoms with Crippen molar-refractivity contribution in [3.8, 4) is 0 Å². The molecule has 5 aliphatic rings. The first kappa shape index (κ1) is 20.5. The van der Waals surface area contributed by atoms with Gasteiger partial charge in [0.25, 0.3) is 0 Å². The van der Waals surface area contributed by atoms with E-state index in [1.807, 2.05) is 0 Å². The van der Waals surface area contributed by atoms with Gasteiger partial charge in [-0.25, -0.2) is 8.42 Å². The van der Waals surface area contributed by atoms with Crippen LogP contribution in [0.4, 0.5) is 0 Å². The molecule has 1 N–H and O–H groups in total. The van der Waals surface area contributed by atoms with Crippen molar-refractivity contribution in [2.24, 2.45) is 23.2 Å². The summed E-state index contributed by atoms with van der Waals surface area (Å²) in [6.45, 7) is 2.03. The zero-order chi connectivity index (χ0) is 20.8. The largest absolute Gasteiger partial charge is 0.355 e. The van der Waals surface area contributed by atoms with Crippen LogP contribution in [-0.2, 0) is 21.2 Å². The molecule has 4 aliphatic carbocycles. The molecular formula is C24H34N2O3S. The molecule has 0 aromatic heterocycles. The van der Waals surface area contributed by atoms with Gasteiger partial charge in [0.2, 0.25) is 15.9 Å². The number of sulfonamides is 1. The van der Waals surface area contributed by atoms with E-state index in [4.69, 9.17) is 0 Å². The SMILES string of the molecule is O=C(Cc1ccc(S(=O)(=O)N2CCCCC2)cc1)NCC12CC3CC(CC(C3)C1)C2. The van der Waals surface area contributed by atoms with Gasteiger partial charge in [0.05, 0.1) is 11.3 Å². The Labute approximate surface area is 180 Å². The maximum Gasteiger partial charge on any atom is 0.243 e. The van der Waals surface area contributed by atoms with Crippen molar-refractivity contribution < 1.29 is 13.2 Å². The Hall–Kier alpha value is -1.40. The summed E-state index contributed by atoms with van der Waals surface area (Å²) >= 11 is 0. The number of carbonyl (C=O) groups excluding carboxylic acids is 1. The molecule has 1 amide bonds. The number of hydrogen-bond acceptors (Lipinski definition) is 3. The van der Waals surface area contributed by atoms with E-state index in [0.29, 0.717) is 29.8 Å². The van der Waals surface area contributed by atoms with Gasteiger partial charge in [0.15, 0.2) is 0 Å². The average molecular weight is 431 g/mol. The van der Waals surface area contributed by atoms with Crippen molar-refractivity contribution in [2.45, 2.75) is 69.1 Å².